The van der Waals surface area contributed by atoms with Crippen molar-refractivity contribution in [1.82, 2.24) is 10.6 Å². The van der Waals surface area contributed by atoms with Crippen LogP contribution in [0.5, 0.6) is 0 Å². The fraction of sp³-hybridized carbons (Fsp3) is 0.353. The molecule has 2 aliphatic heterocycles. The summed E-state index contributed by atoms with van der Waals surface area (Å²) in [4.78, 5) is 35.8. The van der Waals surface area contributed by atoms with Crippen molar-refractivity contribution in [2.24, 2.45) is 9.98 Å². The molecule has 7 rings (SSSR count). The lowest BCUT2D eigenvalue weighted by Crippen LogP contribution is -2.36. The smallest absolute Gasteiger partial charge is 0.255 e. The molecule has 8 heteroatoms. The van der Waals surface area contributed by atoms with Gasteiger partial charge in [0.05, 0.1) is 12.1 Å². The molecule has 4 unspecified atom stereocenters. The maximum absolute atomic E-state index is 13.0. The van der Waals surface area contributed by atoms with Gasteiger partial charge in [-0.15, -0.1) is 0 Å². The number of hydrogen-bond acceptors (Lipinski definition) is 6. The molecule has 3 aromatic rings. The van der Waals surface area contributed by atoms with E-state index in [0.717, 1.165) is 35.6 Å². The van der Waals surface area contributed by atoms with Gasteiger partial charge in [0.15, 0.2) is 0 Å². The summed E-state index contributed by atoms with van der Waals surface area (Å²) in [6.45, 7) is 0. The number of rotatable bonds is 6. The summed E-state index contributed by atoms with van der Waals surface area (Å²) in [5.74, 6) is 1.35. The highest BCUT2D eigenvalue weighted by atomic mass is 16.2. The highest BCUT2D eigenvalue weighted by Gasteiger charge is 2.32. The SMILES string of the molecule is O=C(Nc1ccc(C2=NC3CCCCC3N2)cc1)c1cccc(C(=O)Nc2ccc(C3=NC4CCCCC4N3)cc2)c1. The minimum absolute atomic E-state index is 0.269. The highest BCUT2D eigenvalue weighted by molar-refractivity contribution is 6.09. The summed E-state index contributed by atoms with van der Waals surface area (Å²) >= 11 is 0. The molecule has 0 radical (unpaired) electrons. The molecule has 0 aromatic heterocycles. The third kappa shape index (κ3) is 5.53. The highest BCUT2D eigenvalue weighted by Crippen LogP contribution is 2.28. The minimum atomic E-state index is -0.269. The van der Waals surface area contributed by atoms with Crippen LogP contribution in [0, 0.1) is 0 Å². The zero-order valence-electron chi connectivity index (χ0n) is 23.6. The maximum atomic E-state index is 13.0. The Morgan fingerprint density at radius 3 is 1.45 bits per heavy atom. The molecule has 3 aromatic carbocycles. The number of carbonyl (C=O) groups excluding carboxylic acids is 2. The van der Waals surface area contributed by atoms with E-state index in [1.165, 1.54) is 38.5 Å². The lowest BCUT2D eigenvalue weighted by molar-refractivity contribution is 0.102. The van der Waals surface area contributed by atoms with E-state index in [9.17, 15) is 9.59 Å². The summed E-state index contributed by atoms with van der Waals surface area (Å²) in [6, 6.07) is 23.9. The minimum Gasteiger partial charge on any atom is -0.365 e. The van der Waals surface area contributed by atoms with E-state index < -0.39 is 0 Å². The van der Waals surface area contributed by atoms with Crippen molar-refractivity contribution < 1.29 is 9.59 Å². The van der Waals surface area contributed by atoms with E-state index >= 15 is 0 Å². The largest absolute Gasteiger partial charge is 0.365 e. The number of anilines is 2. The molecule has 2 amide bonds. The zero-order chi connectivity index (χ0) is 28.5. The van der Waals surface area contributed by atoms with Crippen molar-refractivity contribution in [2.45, 2.75) is 75.5 Å². The number of carbonyl (C=O) groups is 2. The molecule has 2 aliphatic carbocycles. The first-order valence-electron chi connectivity index (χ1n) is 15.2. The molecule has 2 heterocycles. The Morgan fingerprint density at radius 1 is 0.595 bits per heavy atom. The van der Waals surface area contributed by atoms with Crippen molar-refractivity contribution in [2.75, 3.05) is 10.6 Å². The van der Waals surface area contributed by atoms with Crippen LogP contribution in [0.4, 0.5) is 11.4 Å². The van der Waals surface area contributed by atoms with Crippen LogP contribution in [0.2, 0.25) is 0 Å². The standard InChI is InChI=1S/C34H36N6O2/c41-33(35-25-16-12-21(13-17-25)31-37-27-8-1-2-9-28(27)38-31)23-6-5-7-24(20-23)34(42)36-26-18-14-22(15-19-26)32-39-29-10-3-4-11-30(29)40-32/h5-7,12-20,27-30H,1-4,8-11H2,(H,35,41)(H,36,42)(H,37,38)(H,39,40). The predicted molar refractivity (Wildman–Crippen MR) is 167 cm³/mol. The lowest BCUT2D eigenvalue weighted by atomic mass is 9.92. The Bertz CT molecular complexity index is 1430. The maximum Gasteiger partial charge on any atom is 0.255 e. The van der Waals surface area contributed by atoms with Gasteiger partial charge in [-0.05, 0) is 92.4 Å². The fourth-order valence-electron chi connectivity index (χ4n) is 6.57. The molecule has 0 bridgehead atoms. The van der Waals surface area contributed by atoms with Gasteiger partial charge in [-0.3, -0.25) is 19.6 Å². The van der Waals surface area contributed by atoms with Crippen LogP contribution in [0.1, 0.15) is 83.2 Å². The number of nitrogens with zero attached hydrogens (tertiary/aromatic N) is 2. The van der Waals surface area contributed by atoms with Crippen LogP contribution in [-0.4, -0.2) is 47.7 Å². The summed E-state index contributed by atoms with van der Waals surface area (Å²) < 4.78 is 0. The van der Waals surface area contributed by atoms with Gasteiger partial charge in [0.1, 0.15) is 11.7 Å². The van der Waals surface area contributed by atoms with Crippen LogP contribution in [0.3, 0.4) is 0 Å². The number of amides is 2. The first-order valence-corrected chi connectivity index (χ1v) is 15.2. The van der Waals surface area contributed by atoms with Gasteiger partial charge in [0.2, 0.25) is 0 Å². The molecule has 0 saturated heterocycles. The number of nitrogens with one attached hydrogen (secondary N) is 4. The first kappa shape index (κ1) is 26.4. The molecule has 8 nitrogen and oxygen atoms in total. The molecule has 4 aliphatic rings. The fourth-order valence-corrected chi connectivity index (χ4v) is 6.57. The summed E-state index contributed by atoms with van der Waals surface area (Å²) in [7, 11) is 0. The first-order chi connectivity index (χ1) is 20.6. The van der Waals surface area contributed by atoms with Gasteiger partial charge < -0.3 is 21.3 Å². The third-order valence-corrected chi connectivity index (χ3v) is 8.91. The Morgan fingerprint density at radius 2 is 1.02 bits per heavy atom. The molecule has 2 fully saturated rings. The zero-order valence-corrected chi connectivity index (χ0v) is 23.6. The van der Waals surface area contributed by atoms with Crippen LogP contribution in [0.15, 0.2) is 82.8 Å². The van der Waals surface area contributed by atoms with Crippen molar-refractivity contribution in [3.8, 4) is 0 Å². The summed E-state index contributed by atoms with van der Waals surface area (Å²) in [5.41, 5.74) is 4.27. The van der Waals surface area contributed by atoms with Crippen molar-refractivity contribution in [1.29, 1.82) is 0 Å². The quantitative estimate of drug-likeness (QED) is 0.319. The summed E-state index contributed by atoms with van der Waals surface area (Å²) in [6.07, 6.45) is 9.64. The Balaban J connectivity index is 0.962. The number of fused-ring (bicyclic) bond motifs is 2. The van der Waals surface area contributed by atoms with Gasteiger partial charge in [0, 0.05) is 45.7 Å². The average molecular weight is 561 g/mol. The van der Waals surface area contributed by atoms with Crippen molar-refractivity contribution in [3.63, 3.8) is 0 Å². The second kappa shape index (κ2) is 11.4. The molecule has 42 heavy (non-hydrogen) atoms. The Labute approximate surface area is 246 Å². The van der Waals surface area contributed by atoms with Gasteiger partial charge in [-0.25, -0.2) is 0 Å². The van der Waals surface area contributed by atoms with Crippen LogP contribution < -0.4 is 21.3 Å². The number of benzene rings is 3. The van der Waals surface area contributed by atoms with E-state index in [-0.39, 0.29) is 11.8 Å². The second-order valence-corrected chi connectivity index (χ2v) is 11.8. The normalized spacial score (nSPS) is 24.3. The van der Waals surface area contributed by atoms with Gasteiger partial charge in [0.25, 0.3) is 11.8 Å². The monoisotopic (exact) mass is 560 g/mol. The van der Waals surface area contributed by atoms with Crippen LogP contribution in [0.25, 0.3) is 0 Å². The number of aliphatic imine (C=N–C) groups is 2. The Kier molecular flexibility index (Phi) is 7.20. The summed E-state index contributed by atoms with van der Waals surface area (Å²) in [5, 5.41) is 13.0. The molecular formula is C34H36N6O2. The average Bonchev–Trinajstić information content (AvgIpc) is 3.67. The second-order valence-electron chi connectivity index (χ2n) is 11.8. The van der Waals surface area contributed by atoms with Crippen LogP contribution >= 0.6 is 0 Å². The molecule has 214 valence electrons. The molecule has 4 N–H and O–H groups in total. The van der Waals surface area contributed by atoms with Gasteiger partial charge >= 0.3 is 0 Å². The van der Waals surface area contributed by atoms with E-state index in [1.54, 1.807) is 24.3 Å². The predicted octanol–water partition coefficient (Wildman–Crippen LogP) is 5.51. The van der Waals surface area contributed by atoms with Crippen LogP contribution in [-0.2, 0) is 0 Å². The molecule has 4 atom stereocenters. The van der Waals surface area contributed by atoms with Gasteiger partial charge in [-0.2, -0.15) is 0 Å². The van der Waals surface area contributed by atoms with E-state index in [0.29, 0.717) is 46.7 Å². The van der Waals surface area contributed by atoms with Gasteiger partial charge in [-0.1, -0.05) is 31.7 Å². The van der Waals surface area contributed by atoms with Crippen molar-refractivity contribution in [3.05, 3.63) is 95.1 Å². The number of hydrogen-bond donors (Lipinski definition) is 4. The lowest BCUT2D eigenvalue weighted by Gasteiger charge is -2.23. The molecular weight excluding hydrogens is 524 g/mol. The van der Waals surface area contributed by atoms with E-state index in [1.807, 2.05) is 48.5 Å². The van der Waals surface area contributed by atoms with E-state index in [2.05, 4.69) is 21.3 Å². The molecule has 0 spiro atoms. The molecule has 2 saturated carbocycles. The number of amidine groups is 2. The topological polar surface area (TPSA) is 107 Å². The third-order valence-electron chi connectivity index (χ3n) is 8.91. The Hall–Kier alpha value is -4.46. The van der Waals surface area contributed by atoms with Crippen molar-refractivity contribution >= 4 is 34.9 Å². The van der Waals surface area contributed by atoms with E-state index in [4.69, 9.17) is 9.98 Å².